The highest BCUT2D eigenvalue weighted by molar-refractivity contribution is 5.96. The summed E-state index contributed by atoms with van der Waals surface area (Å²) in [6.07, 6.45) is 1.90. The second kappa shape index (κ2) is 8.25. The molecule has 0 spiro atoms. The van der Waals surface area contributed by atoms with Crippen LogP contribution in [0.25, 0.3) is 0 Å². The molecule has 2 aromatic rings. The van der Waals surface area contributed by atoms with Crippen molar-refractivity contribution in [2.24, 2.45) is 0 Å². The van der Waals surface area contributed by atoms with Crippen LogP contribution in [0, 0.1) is 13.8 Å². The zero-order chi connectivity index (χ0) is 19.4. The average Bonchev–Trinajstić information content (AvgIpc) is 3.15. The lowest BCUT2D eigenvalue weighted by molar-refractivity contribution is -0.131. The summed E-state index contributed by atoms with van der Waals surface area (Å²) in [6, 6.07) is 13.6. The van der Waals surface area contributed by atoms with E-state index < -0.39 is 0 Å². The van der Waals surface area contributed by atoms with Crippen molar-refractivity contribution >= 4 is 11.8 Å². The van der Waals surface area contributed by atoms with Gasteiger partial charge in [0.25, 0.3) is 5.91 Å². The molecule has 1 fully saturated rings. The third-order valence-corrected chi connectivity index (χ3v) is 4.96. The predicted molar refractivity (Wildman–Crippen MR) is 105 cm³/mol. The van der Waals surface area contributed by atoms with Gasteiger partial charge in [-0.3, -0.25) is 9.59 Å². The summed E-state index contributed by atoms with van der Waals surface area (Å²) in [4.78, 5) is 27.0. The Morgan fingerprint density at radius 2 is 1.78 bits per heavy atom. The van der Waals surface area contributed by atoms with Crippen molar-refractivity contribution in [1.29, 1.82) is 0 Å². The van der Waals surface area contributed by atoms with Gasteiger partial charge in [-0.05, 0) is 56.5 Å². The van der Waals surface area contributed by atoms with E-state index in [0.29, 0.717) is 5.56 Å². The van der Waals surface area contributed by atoms with E-state index in [1.54, 1.807) is 7.11 Å². The first-order chi connectivity index (χ1) is 13.0. The third-order valence-electron chi connectivity index (χ3n) is 4.96. The minimum atomic E-state index is -0.213. The number of benzene rings is 2. The highest BCUT2D eigenvalue weighted by atomic mass is 16.5. The molecule has 2 amide bonds. The van der Waals surface area contributed by atoms with Gasteiger partial charge in [-0.25, -0.2) is 0 Å². The monoisotopic (exact) mass is 366 g/mol. The minimum absolute atomic E-state index is 0.0124. The lowest BCUT2D eigenvalue weighted by Gasteiger charge is -2.25. The summed E-state index contributed by atoms with van der Waals surface area (Å²) in [5, 5.41) is 2.77. The smallest absolute Gasteiger partial charge is 0.251 e. The molecule has 142 valence electrons. The number of nitrogens with one attached hydrogen (secondary N) is 1. The van der Waals surface area contributed by atoms with Crippen LogP contribution in [0.5, 0.6) is 5.75 Å². The van der Waals surface area contributed by atoms with Crippen LogP contribution in [0.2, 0.25) is 0 Å². The number of amides is 2. The second-order valence-corrected chi connectivity index (χ2v) is 7.08. The minimum Gasteiger partial charge on any atom is -0.497 e. The fourth-order valence-corrected chi connectivity index (χ4v) is 3.70. The van der Waals surface area contributed by atoms with Gasteiger partial charge < -0.3 is 15.0 Å². The molecule has 0 aromatic heterocycles. The van der Waals surface area contributed by atoms with Gasteiger partial charge in [-0.2, -0.15) is 0 Å². The number of carbonyl (C=O) groups excluding carboxylic acids is 2. The van der Waals surface area contributed by atoms with Crippen molar-refractivity contribution in [2.45, 2.75) is 32.7 Å². The average molecular weight is 366 g/mol. The maximum Gasteiger partial charge on any atom is 0.251 e. The van der Waals surface area contributed by atoms with Crippen LogP contribution >= 0.6 is 0 Å². The van der Waals surface area contributed by atoms with Gasteiger partial charge >= 0.3 is 0 Å². The Morgan fingerprint density at radius 1 is 1.11 bits per heavy atom. The molecule has 0 aliphatic carbocycles. The molecule has 0 saturated carbocycles. The first-order valence-corrected chi connectivity index (χ1v) is 9.28. The normalized spacial score (nSPS) is 16.3. The fourth-order valence-electron chi connectivity index (χ4n) is 3.70. The summed E-state index contributed by atoms with van der Waals surface area (Å²) in [5.74, 6) is 0.539. The van der Waals surface area contributed by atoms with E-state index in [9.17, 15) is 9.59 Å². The van der Waals surface area contributed by atoms with E-state index in [0.717, 1.165) is 41.8 Å². The zero-order valence-corrected chi connectivity index (χ0v) is 16.1. The summed E-state index contributed by atoms with van der Waals surface area (Å²) in [6.45, 7) is 4.64. The van der Waals surface area contributed by atoms with Crippen LogP contribution in [-0.2, 0) is 4.79 Å². The first kappa shape index (κ1) is 19.0. The van der Waals surface area contributed by atoms with Crippen molar-refractivity contribution in [3.63, 3.8) is 0 Å². The number of ether oxygens (including phenoxy) is 1. The standard InChI is InChI=1S/C22H26N2O3/c1-15-11-16(2)13-18(12-15)22(26)23-14-21(25)24-10-4-5-20(24)17-6-8-19(27-3)9-7-17/h6-9,11-13,20H,4-5,10,14H2,1-3H3,(H,23,26)/t20-/m0/s1. The highest BCUT2D eigenvalue weighted by Crippen LogP contribution is 2.32. The number of carbonyl (C=O) groups is 2. The largest absolute Gasteiger partial charge is 0.497 e. The summed E-state index contributed by atoms with van der Waals surface area (Å²) < 4.78 is 5.20. The van der Waals surface area contributed by atoms with Crippen molar-refractivity contribution < 1.29 is 14.3 Å². The van der Waals surface area contributed by atoms with Gasteiger partial charge in [0.1, 0.15) is 5.75 Å². The van der Waals surface area contributed by atoms with Crippen molar-refractivity contribution in [2.75, 3.05) is 20.2 Å². The Labute approximate surface area is 160 Å². The second-order valence-electron chi connectivity index (χ2n) is 7.08. The van der Waals surface area contributed by atoms with Crippen LogP contribution in [-0.4, -0.2) is 36.9 Å². The molecule has 1 aliphatic rings. The van der Waals surface area contributed by atoms with E-state index in [2.05, 4.69) is 5.32 Å². The Bertz CT molecular complexity index is 810. The Kier molecular flexibility index (Phi) is 5.79. The predicted octanol–water partition coefficient (Wildman–Crippen LogP) is 3.41. The fraction of sp³-hybridized carbons (Fsp3) is 0.364. The maximum atomic E-state index is 12.7. The summed E-state index contributed by atoms with van der Waals surface area (Å²) in [5.41, 5.74) is 3.76. The van der Waals surface area contributed by atoms with E-state index in [1.807, 2.05) is 61.2 Å². The van der Waals surface area contributed by atoms with Crippen molar-refractivity contribution in [3.05, 3.63) is 64.7 Å². The zero-order valence-electron chi connectivity index (χ0n) is 16.1. The molecule has 5 heteroatoms. The number of aryl methyl sites for hydroxylation is 2. The number of likely N-dealkylation sites (tertiary alicyclic amines) is 1. The lowest BCUT2D eigenvalue weighted by Crippen LogP contribution is -2.39. The van der Waals surface area contributed by atoms with E-state index in [1.165, 1.54) is 0 Å². The Hall–Kier alpha value is -2.82. The van der Waals surface area contributed by atoms with Crippen LogP contribution in [0.1, 0.15) is 45.9 Å². The molecule has 27 heavy (non-hydrogen) atoms. The topological polar surface area (TPSA) is 58.6 Å². The quantitative estimate of drug-likeness (QED) is 0.882. The lowest BCUT2D eigenvalue weighted by atomic mass is 10.0. The van der Waals surface area contributed by atoms with E-state index >= 15 is 0 Å². The molecule has 3 rings (SSSR count). The van der Waals surface area contributed by atoms with Gasteiger partial charge in [0.05, 0.1) is 19.7 Å². The molecule has 1 heterocycles. The summed E-state index contributed by atoms with van der Waals surface area (Å²) in [7, 11) is 1.64. The highest BCUT2D eigenvalue weighted by Gasteiger charge is 2.29. The molecule has 1 saturated heterocycles. The number of hydrogen-bond acceptors (Lipinski definition) is 3. The molecule has 5 nitrogen and oxygen atoms in total. The first-order valence-electron chi connectivity index (χ1n) is 9.28. The van der Waals surface area contributed by atoms with Gasteiger partial charge in [-0.15, -0.1) is 0 Å². The number of rotatable bonds is 5. The molecule has 0 radical (unpaired) electrons. The van der Waals surface area contributed by atoms with Gasteiger partial charge in [-0.1, -0.05) is 29.3 Å². The van der Waals surface area contributed by atoms with E-state index in [-0.39, 0.29) is 24.4 Å². The Morgan fingerprint density at radius 3 is 2.41 bits per heavy atom. The van der Waals surface area contributed by atoms with Gasteiger partial charge in [0.2, 0.25) is 5.91 Å². The molecular formula is C22H26N2O3. The molecule has 2 aromatic carbocycles. The number of nitrogens with zero attached hydrogens (tertiary/aromatic N) is 1. The molecular weight excluding hydrogens is 340 g/mol. The van der Waals surface area contributed by atoms with Crippen molar-refractivity contribution in [1.82, 2.24) is 10.2 Å². The molecule has 0 bridgehead atoms. The number of methoxy groups -OCH3 is 1. The Balaban J connectivity index is 1.63. The maximum absolute atomic E-state index is 12.7. The van der Waals surface area contributed by atoms with E-state index in [4.69, 9.17) is 4.74 Å². The molecule has 1 N–H and O–H groups in total. The van der Waals surface area contributed by atoms with Gasteiger partial charge in [0, 0.05) is 12.1 Å². The van der Waals surface area contributed by atoms with Crippen LogP contribution in [0.15, 0.2) is 42.5 Å². The van der Waals surface area contributed by atoms with Gasteiger partial charge in [0.15, 0.2) is 0 Å². The van der Waals surface area contributed by atoms with Crippen LogP contribution < -0.4 is 10.1 Å². The molecule has 0 unspecified atom stereocenters. The SMILES string of the molecule is COc1ccc([C@@H]2CCCN2C(=O)CNC(=O)c2cc(C)cc(C)c2)cc1. The summed E-state index contributed by atoms with van der Waals surface area (Å²) >= 11 is 0. The third kappa shape index (κ3) is 4.48. The number of hydrogen-bond donors (Lipinski definition) is 1. The van der Waals surface area contributed by atoms with Crippen molar-refractivity contribution in [3.8, 4) is 5.75 Å². The molecule has 1 aliphatic heterocycles. The van der Waals surface area contributed by atoms with Crippen LogP contribution in [0.4, 0.5) is 0 Å². The molecule has 1 atom stereocenters. The van der Waals surface area contributed by atoms with Crippen LogP contribution in [0.3, 0.4) is 0 Å².